The summed E-state index contributed by atoms with van der Waals surface area (Å²) in [5, 5.41) is 3.25. The molecule has 0 saturated carbocycles. The van der Waals surface area contributed by atoms with E-state index in [4.69, 9.17) is 0 Å². The first-order valence-electron chi connectivity index (χ1n) is 4.84. The normalized spacial score (nSPS) is 11.4. The summed E-state index contributed by atoms with van der Waals surface area (Å²) in [6, 6.07) is 7.04. The largest absolute Gasteiger partial charge is 0.311 e. The molecule has 0 spiro atoms. The fourth-order valence-electron chi connectivity index (χ4n) is 1.11. The van der Waals surface area contributed by atoms with Gasteiger partial charge in [0.2, 0.25) is 0 Å². The van der Waals surface area contributed by atoms with Crippen molar-refractivity contribution in [2.45, 2.75) is 19.9 Å². The second-order valence-electron chi connectivity index (χ2n) is 3.52. The quantitative estimate of drug-likeness (QED) is 0.775. The van der Waals surface area contributed by atoms with Crippen LogP contribution in [0.2, 0.25) is 0 Å². The molecular weight excluding hydrogens is 177 g/mol. The minimum absolute atomic E-state index is 0.191. The topological polar surface area (TPSA) is 12.0 Å². The molecule has 2 heteroatoms. The first-order chi connectivity index (χ1) is 6.68. The average molecular weight is 193 g/mol. The van der Waals surface area contributed by atoms with E-state index in [9.17, 15) is 4.39 Å². The number of halogens is 1. The maximum atomic E-state index is 12.8. The van der Waals surface area contributed by atoms with Crippen molar-refractivity contribution in [2.24, 2.45) is 0 Å². The molecule has 1 aromatic rings. The molecule has 1 rings (SSSR count). The summed E-state index contributed by atoms with van der Waals surface area (Å²) in [4.78, 5) is 0. The van der Waals surface area contributed by atoms with Gasteiger partial charge in [0.1, 0.15) is 5.82 Å². The summed E-state index contributed by atoms with van der Waals surface area (Å²) < 4.78 is 12.8. The number of hydrogen-bond donors (Lipinski definition) is 1. The van der Waals surface area contributed by atoms with E-state index in [0.717, 1.165) is 12.1 Å². The molecule has 0 saturated heterocycles. The van der Waals surface area contributed by atoms with Crippen LogP contribution in [-0.4, -0.2) is 12.6 Å². The van der Waals surface area contributed by atoms with E-state index in [1.807, 2.05) is 18.2 Å². The molecule has 0 aliphatic carbocycles. The lowest BCUT2D eigenvalue weighted by atomic mass is 10.2. The van der Waals surface area contributed by atoms with Crippen molar-refractivity contribution < 1.29 is 4.39 Å². The standard InChI is InChI=1S/C12H16FN/c1-10(2)14-8-4-6-11-5-3-7-12(13)9-11/h3-7,9-10,14H,8H2,1-2H3/b6-4-. The van der Waals surface area contributed by atoms with Crippen LogP contribution in [0.25, 0.3) is 6.08 Å². The summed E-state index contributed by atoms with van der Waals surface area (Å²) in [7, 11) is 0. The Balaban J connectivity index is 2.44. The SMILES string of the molecule is CC(C)NC/C=C\c1cccc(F)c1. The van der Waals surface area contributed by atoms with Crippen molar-refractivity contribution in [1.82, 2.24) is 5.32 Å². The lowest BCUT2D eigenvalue weighted by Crippen LogP contribution is -2.22. The molecule has 1 N–H and O–H groups in total. The van der Waals surface area contributed by atoms with E-state index in [1.165, 1.54) is 12.1 Å². The maximum Gasteiger partial charge on any atom is 0.123 e. The van der Waals surface area contributed by atoms with Crippen molar-refractivity contribution in [3.8, 4) is 0 Å². The highest BCUT2D eigenvalue weighted by atomic mass is 19.1. The summed E-state index contributed by atoms with van der Waals surface area (Å²) in [5.41, 5.74) is 0.899. The van der Waals surface area contributed by atoms with Crippen LogP contribution in [0, 0.1) is 5.82 Å². The van der Waals surface area contributed by atoms with Crippen LogP contribution in [0.3, 0.4) is 0 Å². The van der Waals surface area contributed by atoms with Gasteiger partial charge in [-0.25, -0.2) is 4.39 Å². The zero-order chi connectivity index (χ0) is 10.4. The Labute approximate surface area is 84.6 Å². The molecule has 76 valence electrons. The Kier molecular flexibility index (Phi) is 4.33. The molecule has 1 nitrogen and oxygen atoms in total. The van der Waals surface area contributed by atoms with Gasteiger partial charge in [-0.1, -0.05) is 38.1 Å². The summed E-state index contributed by atoms with van der Waals surface area (Å²) >= 11 is 0. The Morgan fingerprint density at radius 1 is 1.43 bits per heavy atom. The predicted molar refractivity (Wildman–Crippen MR) is 58.6 cm³/mol. The Hall–Kier alpha value is -1.15. The first-order valence-corrected chi connectivity index (χ1v) is 4.84. The lowest BCUT2D eigenvalue weighted by molar-refractivity contribution is 0.627. The molecule has 14 heavy (non-hydrogen) atoms. The number of nitrogens with one attached hydrogen (secondary N) is 1. The Morgan fingerprint density at radius 3 is 2.86 bits per heavy atom. The zero-order valence-electron chi connectivity index (χ0n) is 8.63. The predicted octanol–water partition coefficient (Wildman–Crippen LogP) is 2.84. The van der Waals surface area contributed by atoms with E-state index < -0.39 is 0 Å². The van der Waals surface area contributed by atoms with E-state index in [-0.39, 0.29) is 5.82 Å². The lowest BCUT2D eigenvalue weighted by Gasteiger charge is -2.03. The highest BCUT2D eigenvalue weighted by molar-refractivity contribution is 5.49. The number of rotatable bonds is 4. The van der Waals surface area contributed by atoms with E-state index in [2.05, 4.69) is 19.2 Å². The molecule has 0 aromatic heterocycles. The van der Waals surface area contributed by atoms with Crippen LogP contribution in [0.5, 0.6) is 0 Å². The molecule has 0 unspecified atom stereocenters. The Bertz CT molecular complexity index is 305. The minimum Gasteiger partial charge on any atom is -0.311 e. The molecule has 0 aliphatic heterocycles. The monoisotopic (exact) mass is 193 g/mol. The van der Waals surface area contributed by atoms with Crippen LogP contribution < -0.4 is 5.32 Å². The molecule has 0 amide bonds. The Morgan fingerprint density at radius 2 is 2.21 bits per heavy atom. The second kappa shape index (κ2) is 5.55. The van der Waals surface area contributed by atoms with Gasteiger partial charge in [-0.15, -0.1) is 0 Å². The summed E-state index contributed by atoms with van der Waals surface area (Å²) in [6.45, 7) is 5.00. The second-order valence-corrected chi connectivity index (χ2v) is 3.52. The smallest absolute Gasteiger partial charge is 0.123 e. The third-order valence-corrected chi connectivity index (χ3v) is 1.80. The van der Waals surface area contributed by atoms with Crippen LogP contribution in [0.4, 0.5) is 4.39 Å². The summed E-state index contributed by atoms with van der Waals surface area (Å²) in [6.07, 6.45) is 3.91. The molecular formula is C12H16FN. The van der Waals surface area contributed by atoms with Gasteiger partial charge in [0.05, 0.1) is 0 Å². The van der Waals surface area contributed by atoms with E-state index in [0.29, 0.717) is 6.04 Å². The molecule has 0 aliphatic rings. The van der Waals surface area contributed by atoms with Gasteiger partial charge in [-0.05, 0) is 17.7 Å². The molecule has 0 fully saturated rings. The molecule has 0 atom stereocenters. The molecule has 0 radical (unpaired) electrons. The average Bonchev–Trinajstić information content (AvgIpc) is 2.12. The highest BCUT2D eigenvalue weighted by Crippen LogP contribution is 2.04. The maximum absolute atomic E-state index is 12.8. The van der Waals surface area contributed by atoms with Crippen molar-refractivity contribution >= 4 is 6.08 Å². The van der Waals surface area contributed by atoms with Crippen molar-refractivity contribution in [2.75, 3.05) is 6.54 Å². The van der Waals surface area contributed by atoms with Crippen LogP contribution in [0.15, 0.2) is 30.3 Å². The summed E-state index contributed by atoms with van der Waals surface area (Å²) in [5.74, 6) is -0.191. The zero-order valence-corrected chi connectivity index (χ0v) is 8.63. The van der Waals surface area contributed by atoms with Gasteiger partial charge < -0.3 is 5.32 Å². The number of benzene rings is 1. The molecule has 0 heterocycles. The van der Waals surface area contributed by atoms with Gasteiger partial charge in [0.25, 0.3) is 0 Å². The van der Waals surface area contributed by atoms with Crippen molar-refractivity contribution in [1.29, 1.82) is 0 Å². The third-order valence-electron chi connectivity index (χ3n) is 1.80. The van der Waals surface area contributed by atoms with E-state index >= 15 is 0 Å². The minimum atomic E-state index is -0.191. The molecule has 1 aromatic carbocycles. The molecule has 0 bridgehead atoms. The van der Waals surface area contributed by atoms with Crippen molar-refractivity contribution in [3.63, 3.8) is 0 Å². The van der Waals surface area contributed by atoms with Crippen LogP contribution in [0.1, 0.15) is 19.4 Å². The van der Waals surface area contributed by atoms with Crippen LogP contribution >= 0.6 is 0 Å². The van der Waals surface area contributed by atoms with Crippen LogP contribution in [-0.2, 0) is 0 Å². The third kappa shape index (κ3) is 4.19. The fourth-order valence-corrected chi connectivity index (χ4v) is 1.11. The highest BCUT2D eigenvalue weighted by Gasteiger charge is 1.90. The number of hydrogen-bond acceptors (Lipinski definition) is 1. The fraction of sp³-hybridized carbons (Fsp3) is 0.333. The first kappa shape index (κ1) is 10.9. The van der Waals surface area contributed by atoms with Gasteiger partial charge in [0, 0.05) is 12.6 Å². The van der Waals surface area contributed by atoms with E-state index in [1.54, 1.807) is 6.07 Å². The van der Waals surface area contributed by atoms with Gasteiger partial charge in [0.15, 0.2) is 0 Å². The van der Waals surface area contributed by atoms with Gasteiger partial charge in [-0.2, -0.15) is 0 Å². The van der Waals surface area contributed by atoms with Gasteiger partial charge in [-0.3, -0.25) is 0 Å². The van der Waals surface area contributed by atoms with Crippen molar-refractivity contribution in [3.05, 3.63) is 41.7 Å². The van der Waals surface area contributed by atoms with Gasteiger partial charge >= 0.3 is 0 Å².